The van der Waals surface area contributed by atoms with E-state index in [1.54, 1.807) is 24.3 Å². The Hall–Kier alpha value is -2.04. The van der Waals surface area contributed by atoms with Crippen LogP contribution in [-0.2, 0) is 4.79 Å². The molecule has 114 valence electrons. The van der Waals surface area contributed by atoms with Crippen LogP contribution in [0.25, 0.3) is 0 Å². The molecule has 0 saturated heterocycles. The Morgan fingerprint density at radius 1 is 1.29 bits per heavy atom. The van der Waals surface area contributed by atoms with Crippen molar-refractivity contribution < 1.29 is 14.7 Å². The summed E-state index contributed by atoms with van der Waals surface area (Å²) in [6.07, 6.45) is 4.50. The highest BCUT2D eigenvalue weighted by Crippen LogP contribution is 2.42. The summed E-state index contributed by atoms with van der Waals surface area (Å²) in [6, 6.07) is 7.26. The lowest BCUT2D eigenvalue weighted by Gasteiger charge is -2.41. The average Bonchev–Trinajstić information content (AvgIpc) is 2.44. The lowest BCUT2D eigenvalue weighted by molar-refractivity contribution is -0.139. The molecule has 0 aliphatic heterocycles. The van der Waals surface area contributed by atoms with Crippen LogP contribution in [0.5, 0.6) is 0 Å². The third kappa shape index (κ3) is 3.74. The Balaban J connectivity index is 1.91. The Morgan fingerprint density at radius 3 is 2.43 bits per heavy atom. The zero-order chi connectivity index (χ0) is 15.3. The van der Waals surface area contributed by atoms with Crippen LogP contribution in [0.4, 0.5) is 4.79 Å². The van der Waals surface area contributed by atoms with E-state index >= 15 is 0 Å². The summed E-state index contributed by atoms with van der Waals surface area (Å²) in [5.41, 5.74) is 0.775. The summed E-state index contributed by atoms with van der Waals surface area (Å²) in [6.45, 7) is 2.74. The van der Waals surface area contributed by atoms with Gasteiger partial charge >= 0.3 is 12.0 Å². The molecule has 2 rings (SSSR count). The first-order valence-electron chi connectivity index (χ1n) is 7.38. The number of benzene rings is 1. The summed E-state index contributed by atoms with van der Waals surface area (Å²) >= 11 is 0. The topological polar surface area (TPSA) is 78.4 Å². The molecule has 2 amide bonds. The molecule has 1 aromatic carbocycles. The predicted molar refractivity (Wildman–Crippen MR) is 79.9 cm³/mol. The van der Waals surface area contributed by atoms with Gasteiger partial charge in [0.25, 0.3) is 0 Å². The summed E-state index contributed by atoms with van der Waals surface area (Å²) in [7, 11) is 0. The van der Waals surface area contributed by atoms with Crippen molar-refractivity contribution in [3.8, 4) is 0 Å². The number of carboxylic acids is 1. The first kappa shape index (κ1) is 15.4. The average molecular weight is 290 g/mol. The third-order valence-corrected chi connectivity index (χ3v) is 4.44. The number of aliphatic carboxylic acids is 1. The maximum Gasteiger partial charge on any atom is 0.330 e. The van der Waals surface area contributed by atoms with E-state index in [1.807, 2.05) is 6.07 Å². The first-order valence-corrected chi connectivity index (χ1v) is 7.38. The molecule has 0 aromatic heterocycles. The van der Waals surface area contributed by atoms with E-state index in [-0.39, 0.29) is 5.41 Å². The zero-order valence-electron chi connectivity index (χ0n) is 12.3. The van der Waals surface area contributed by atoms with E-state index in [0.717, 1.165) is 19.3 Å². The maximum absolute atomic E-state index is 11.9. The van der Waals surface area contributed by atoms with Crippen molar-refractivity contribution in [1.29, 1.82) is 0 Å². The fourth-order valence-corrected chi connectivity index (χ4v) is 2.72. The van der Waals surface area contributed by atoms with Crippen molar-refractivity contribution in [2.45, 2.75) is 38.6 Å². The van der Waals surface area contributed by atoms with Crippen LogP contribution in [0.1, 0.15) is 44.2 Å². The van der Waals surface area contributed by atoms with Gasteiger partial charge in [0.05, 0.1) is 0 Å². The normalized spacial score (nSPS) is 17.4. The van der Waals surface area contributed by atoms with Gasteiger partial charge in [-0.25, -0.2) is 9.59 Å². The van der Waals surface area contributed by atoms with Crippen molar-refractivity contribution in [3.05, 3.63) is 35.9 Å². The number of amides is 2. The van der Waals surface area contributed by atoms with Gasteiger partial charge in [-0.05, 0) is 30.2 Å². The van der Waals surface area contributed by atoms with Crippen LogP contribution in [0, 0.1) is 5.41 Å². The molecule has 1 aliphatic carbocycles. The summed E-state index contributed by atoms with van der Waals surface area (Å²) < 4.78 is 0. The van der Waals surface area contributed by atoms with Crippen LogP contribution in [0.3, 0.4) is 0 Å². The molecule has 1 saturated carbocycles. The molecule has 1 aromatic rings. The predicted octanol–water partition coefficient (Wildman–Crippen LogP) is 2.69. The molecule has 1 aliphatic rings. The van der Waals surface area contributed by atoms with E-state index in [4.69, 9.17) is 0 Å². The Kier molecular flexibility index (Phi) is 4.83. The smallest absolute Gasteiger partial charge is 0.330 e. The Morgan fingerprint density at radius 2 is 1.95 bits per heavy atom. The van der Waals surface area contributed by atoms with Gasteiger partial charge in [-0.1, -0.05) is 43.7 Å². The second kappa shape index (κ2) is 6.61. The summed E-state index contributed by atoms with van der Waals surface area (Å²) in [5.74, 6) is -1.06. The number of hydrogen-bond acceptors (Lipinski definition) is 2. The molecule has 1 fully saturated rings. The number of carbonyl (C=O) groups excluding carboxylic acids is 1. The van der Waals surface area contributed by atoms with Gasteiger partial charge in [-0.15, -0.1) is 0 Å². The van der Waals surface area contributed by atoms with Crippen molar-refractivity contribution in [2.24, 2.45) is 5.41 Å². The quantitative estimate of drug-likeness (QED) is 0.753. The molecule has 5 nitrogen and oxygen atoms in total. The van der Waals surface area contributed by atoms with Gasteiger partial charge in [0.2, 0.25) is 0 Å². The summed E-state index contributed by atoms with van der Waals surface area (Å²) in [5, 5.41) is 14.6. The van der Waals surface area contributed by atoms with Crippen LogP contribution < -0.4 is 10.6 Å². The molecule has 0 radical (unpaired) electrons. The second-order valence-corrected chi connectivity index (χ2v) is 5.72. The SMILES string of the molecule is CCC1(CNC(=O)N[C@H](C(=O)O)c2ccccc2)CCC1. The van der Waals surface area contributed by atoms with Gasteiger partial charge in [0.1, 0.15) is 0 Å². The lowest BCUT2D eigenvalue weighted by Crippen LogP contribution is -2.47. The van der Waals surface area contributed by atoms with E-state index in [2.05, 4.69) is 17.6 Å². The molecule has 1 atom stereocenters. The van der Waals surface area contributed by atoms with Gasteiger partial charge in [-0.2, -0.15) is 0 Å². The standard InChI is InChI=1S/C16H22N2O3/c1-2-16(9-6-10-16)11-17-15(21)18-13(14(19)20)12-7-4-3-5-8-12/h3-5,7-8,13H,2,6,9-11H2,1H3,(H,19,20)(H2,17,18,21)/t13-/m0/s1. The molecule has 0 bridgehead atoms. The maximum atomic E-state index is 11.9. The van der Waals surface area contributed by atoms with Gasteiger partial charge in [0, 0.05) is 6.54 Å². The molecule has 0 unspecified atom stereocenters. The molecular weight excluding hydrogens is 268 g/mol. The number of hydrogen-bond donors (Lipinski definition) is 3. The number of rotatable bonds is 6. The van der Waals surface area contributed by atoms with E-state index in [0.29, 0.717) is 12.1 Å². The Bertz CT molecular complexity index is 492. The van der Waals surface area contributed by atoms with E-state index in [1.165, 1.54) is 6.42 Å². The lowest BCUT2D eigenvalue weighted by atomic mass is 9.67. The van der Waals surface area contributed by atoms with Crippen LogP contribution >= 0.6 is 0 Å². The fraction of sp³-hybridized carbons (Fsp3) is 0.500. The molecule has 0 spiro atoms. The van der Waals surface area contributed by atoms with Gasteiger partial charge in [0.15, 0.2) is 6.04 Å². The number of nitrogens with one attached hydrogen (secondary N) is 2. The largest absolute Gasteiger partial charge is 0.479 e. The van der Waals surface area contributed by atoms with Crippen molar-refractivity contribution >= 4 is 12.0 Å². The summed E-state index contributed by atoms with van der Waals surface area (Å²) in [4.78, 5) is 23.3. The molecule has 5 heteroatoms. The highest BCUT2D eigenvalue weighted by Gasteiger charge is 2.35. The monoisotopic (exact) mass is 290 g/mol. The van der Waals surface area contributed by atoms with E-state index in [9.17, 15) is 14.7 Å². The van der Waals surface area contributed by atoms with Gasteiger partial charge in [-0.3, -0.25) is 0 Å². The van der Waals surface area contributed by atoms with E-state index < -0.39 is 18.0 Å². The van der Waals surface area contributed by atoms with Crippen LogP contribution in [0.2, 0.25) is 0 Å². The minimum absolute atomic E-state index is 0.211. The fourth-order valence-electron chi connectivity index (χ4n) is 2.72. The number of urea groups is 1. The minimum atomic E-state index is -1.06. The van der Waals surface area contributed by atoms with Gasteiger partial charge < -0.3 is 15.7 Å². The molecular formula is C16H22N2O3. The minimum Gasteiger partial charge on any atom is -0.479 e. The van der Waals surface area contributed by atoms with Crippen molar-refractivity contribution in [3.63, 3.8) is 0 Å². The highest BCUT2D eigenvalue weighted by molar-refractivity contribution is 5.83. The molecule has 21 heavy (non-hydrogen) atoms. The molecule has 3 N–H and O–H groups in total. The first-order chi connectivity index (χ1) is 10.1. The number of carbonyl (C=O) groups is 2. The third-order valence-electron chi connectivity index (χ3n) is 4.44. The second-order valence-electron chi connectivity index (χ2n) is 5.72. The Labute approximate surface area is 124 Å². The zero-order valence-corrected chi connectivity index (χ0v) is 12.3. The van der Waals surface area contributed by atoms with Crippen LogP contribution in [0.15, 0.2) is 30.3 Å². The van der Waals surface area contributed by atoms with Crippen molar-refractivity contribution in [1.82, 2.24) is 10.6 Å². The van der Waals surface area contributed by atoms with Crippen LogP contribution in [-0.4, -0.2) is 23.7 Å². The number of carboxylic acid groups (broad SMARTS) is 1. The van der Waals surface area contributed by atoms with Crippen molar-refractivity contribution in [2.75, 3.05) is 6.54 Å². The highest BCUT2D eigenvalue weighted by atomic mass is 16.4. The molecule has 0 heterocycles.